The molecule has 0 saturated carbocycles. The molecule has 1 aliphatic rings. The van der Waals surface area contributed by atoms with Gasteiger partial charge in [0.25, 0.3) is 0 Å². The molecule has 0 N–H and O–H groups in total. The Hall–Kier alpha value is -6.32. The summed E-state index contributed by atoms with van der Waals surface area (Å²) in [5.74, 6) is 1.52. The van der Waals surface area contributed by atoms with E-state index in [1.807, 2.05) is 18.3 Å². The van der Waals surface area contributed by atoms with Crippen molar-refractivity contribution < 1.29 is 4.74 Å². The number of aromatic nitrogens is 2. The standard InChI is InChI=1S/C56H52N2O/c1-35-27-36(2)53(37(3)28-35)40-29-39(51-25-20-38-15-10-11-18-50(38)58-51)30-45(31-40)59-44-17-14-16-43(32-44)56(52-19-12-13-26-57-52)48-33-41(54(4,5)6)21-23-46(48)47-24-22-42(34-49(47)56)55(7,8)9/h10-34H,1-9H3. The van der Waals surface area contributed by atoms with E-state index < -0.39 is 5.41 Å². The Morgan fingerprint density at radius 1 is 0.525 bits per heavy atom. The van der Waals surface area contributed by atoms with Gasteiger partial charge in [0.2, 0.25) is 0 Å². The average molecular weight is 769 g/mol. The van der Waals surface area contributed by atoms with Gasteiger partial charge in [-0.2, -0.15) is 0 Å². The normalized spacial score (nSPS) is 13.3. The third-order valence-electron chi connectivity index (χ3n) is 12.2. The number of ether oxygens (including phenoxy) is 1. The quantitative estimate of drug-likeness (QED) is 0.169. The minimum Gasteiger partial charge on any atom is -0.457 e. The Balaban J connectivity index is 1.25. The lowest BCUT2D eigenvalue weighted by Crippen LogP contribution is -2.30. The molecule has 0 unspecified atom stereocenters. The van der Waals surface area contributed by atoms with Crippen LogP contribution in [0.5, 0.6) is 11.5 Å². The lowest BCUT2D eigenvalue weighted by molar-refractivity contribution is 0.481. The molecular formula is C56H52N2O. The van der Waals surface area contributed by atoms with Crippen LogP contribution in [0, 0.1) is 20.8 Å². The zero-order valence-electron chi connectivity index (χ0n) is 35.7. The number of pyridine rings is 2. The first kappa shape index (κ1) is 38.2. The maximum Gasteiger partial charge on any atom is 0.128 e. The topological polar surface area (TPSA) is 35.0 Å². The van der Waals surface area contributed by atoms with Crippen LogP contribution >= 0.6 is 0 Å². The first-order valence-electron chi connectivity index (χ1n) is 20.8. The summed E-state index contributed by atoms with van der Waals surface area (Å²) in [4.78, 5) is 10.3. The molecule has 1 aliphatic carbocycles. The van der Waals surface area contributed by atoms with Crippen LogP contribution in [0.1, 0.15) is 91.7 Å². The van der Waals surface area contributed by atoms with E-state index in [1.54, 1.807) is 0 Å². The van der Waals surface area contributed by atoms with E-state index in [4.69, 9.17) is 14.7 Å². The fourth-order valence-corrected chi connectivity index (χ4v) is 9.32. The van der Waals surface area contributed by atoms with E-state index in [1.165, 1.54) is 55.6 Å². The number of para-hydroxylation sites is 1. The van der Waals surface area contributed by atoms with Gasteiger partial charge in [-0.15, -0.1) is 0 Å². The monoisotopic (exact) mass is 768 g/mol. The highest BCUT2D eigenvalue weighted by Gasteiger charge is 2.48. The van der Waals surface area contributed by atoms with Gasteiger partial charge in [0, 0.05) is 17.1 Å². The molecule has 6 aromatic carbocycles. The molecule has 0 aliphatic heterocycles. The molecule has 3 nitrogen and oxygen atoms in total. The van der Waals surface area contributed by atoms with Crippen LogP contribution in [0.3, 0.4) is 0 Å². The van der Waals surface area contributed by atoms with E-state index in [0.717, 1.165) is 50.5 Å². The Morgan fingerprint density at radius 2 is 1.17 bits per heavy atom. The highest BCUT2D eigenvalue weighted by atomic mass is 16.5. The van der Waals surface area contributed by atoms with Gasteiger partial charge < -0.3 is 4.74 Å². The third kappa shape index (κ3) is 6.73. The van der Waals surface area contributed by atoms with Gasteiger partial charge in [-0.1, -0.05) is 138 Å². The van der Waals surface area contributed by atoms with Crippen LogP contribution in [0.2, 0.25) is 0 Å². The molecule has 0 fully saturated rings. The van der Waals surface area contributed by atoms with Crippen LogP contribution in [-0.2, 0) is 16.2 Å². The smallest absolute Gasteiger partial charge is 0.128 e. The molecule has 292 valence electrons. The van der Waals surface area contributed by atoms with Crippen molar-refractivity contribution in [3.05, 3.63) is 202 Å². The average Bonchev–Trinajstić information content (AvgIpc) is 3.50. The number of fused-ring (bicyclic) bond motifs is 4. The van der Waals surface area contributed by atoms with Crippen molar-refractivity contribution >= 4 is 10.9 Å². The van der Waals surface area contributed by atoms with Gasteiger partial charge in [0.15, 0.2) is 0 Å². The van der Waals surface area contributed by atoms with Gasteiger partial charge in [0.1, 0.15) is 11.5 Å². The zero-order valence-corrected chi connectivity index (χ0v) is 35.7. The minimum absolute atomic E-state index is 0.0437. The Kier molecular flexibility index (Phi) is 9.20. The van der Waals surface area contributed by atoms with Gasteiger partial charge in [-0.3, -0.25) is 4.98 Å². The highest BCUT2D eigenvalue weighted by molar-refractivity contribution is 5.87. The molecule has 2 heterocycles. The van der Waals surface area contributed by atoms with Crippen molar-refractivity contribution in [2.24, 2.45) is 0 Å². The molecule has 0 atom stereocenters. The van der Waals surface area contributed by atoms with Crippen LogP contribution in [-0.4, -0.2) is 9.97 Å². The van der Waals surface area contributed by atoms with Crippen molar-refractivity contribution in [2.75, 3.05) is 0 Å². The van der Waals surface area contributed by atoms with Crippen molar-refractivity contribution in [3.63, 3.8) is 0 Å². The van der Waals surface area contributed by atoms with E-state index in [0.29, 0.717) is 0 Å². The second-order valence-electron chi connectivity index (χ2n) is 18.5. The van der Waals surface area contributed by atoms with Crippen LogP contribution in [0.4, 0.5) is 0 Å². The van der Waals surface area contributed by atoms with Crippen molar-refractivity contribution in [2.45, 2.75) is 78.6 Å². The van der Waals surface area contributed by atoms with E-state index in [2.05, 4.69) is 196 Å². The van der Waals surface area contributed by atoms with E-state index in [9.17, 15) is 0 Å². The molecule has 0 radical (unpaired) electrons. The number of hydrogen-bond acceptors (Lipinski definition) is 3. The van der Waals surface area contributed by atoms with Crippen LogP contribution in [0.15, 0.2) is 152 Å². The summed E-state index contributed by atoms with van der Waals surface area (Å²) in [5, 5.41) is 1.12. The Labute approximate surface area is 349 Å². The molecule has 0 spiro atoms. The predicted molar refractivity (Wildman–Crippen MR) is 246 cm³/mol. The number of nitrogens with zero attached hydrogens (tertiary/aromatic N) is 2. The van der Waals surface area contributed by atoms with E-state index in [-0.39, 0.29) is 10.8 Å². The first-order chi connectivity index (χ1) is 28.2. The molecule has 9 rings (SSSR count). The van der Waals surface area contributed by atoms with Gasteiger partial charge in [0.05, 0.1) is 22.3 Å². The fraction of sp³-hybridized carbons (Fsp3) is 0.214. The van der Waals surface area contributed by atoms with Gasteiger partial charge in [-0.05, 0) is 147 Å². The number of benzene rings is 6. The Morgan fingerprint density at radius 3 is 1.81 bits per heavy atom. The summed E-state index contributed by atoms with van der Waals surface area (Å²) < 4.78 is 7.06. The second-order valence-corrected chi connectivity index (χ2v) is 18.5. The summed E-state index contributed by atoms with van der Waals surface area (Å²) in [5.41, 5.74) is 17.8. The van der Waals surface area contributed by atoms with E-state index >= 15 is 0 Å². The van der Waals surface area contributed by atoms with Crippen molar-refractivity contribution in [1.82, 2.24) is 9.97 Å². The second kappa shape index (κ2) is 14.2. The molecule has 2 aromatic heterocycles. The predicted octanol–water partition coefficient (Wildman–Crippen LogP) is 14.6. The van der Waals surface area contributed by atoms with Crippen molar-refractivity contribution in [3.8, 4) is 45.0 Å². The first-order valence-corrected chi connectivity index (χ1v) is 20.8. The Bertz CT molecular complexity index is 2820. The third-order valence-corrected chi connectivity index (χ3v) is 12.2. The SMILES string of the molecule is Cc1cc(C)c(-c2cc(Oc3cccc(C4(c5ccccn5)c5cc(C(C)(C)C)ccc5-c5ccc(C(C)(C)C)cc54)c3)cc(-c3ccc4ccccc4n3)c2)c(C)c1. The highest BCUT2D eigenvalue weighted by Crippen LogP contribution is 2.57. The molecule has 59 heavy (non-hydrogen) atoms. The summed E-state index contributed by atoms with van der Waals surface area (Å²) in [7, 11) is 0. The minimum atomic E-state index is -0.689. The van der Waals surface area contributed by atoms with Gasteiger partial charge >= 0.3 is 0 Å². The summed E-state index contributed by atoms with van der Waals surface area (Å²) >= 11 is 0. The fourth-order valence-electron chi connectivity index (χ4n) is 9.32. The molecule has 0 bridgehead atoms. The number of aryl methyl sites for hydroxylation is 3. The van der Waals surface area contributed by atoms with Crippen molar-refractivity contribution in [1.29, 1.82) is 0 Å². The maximum absolute atomic E-state index is 7.06. The lowest BCUT2D eigenvalue weighted by atomic mass is 9.68. The number of rotatable bonds is 6. The zero-order chi connectivity index (χ0) is 41.3. The molecule has 0 saturated heterocycles. The largest absolute Gasteiger partial charge is 0.457 e. The molecule has 3 heteroatoms. The summed E-state index contributed by atoms with van der Waals surface area (Å²) in [6.07, 6.45) is 1.93. The number of hydrogen-bond donors (Lipinski definition) is 0. The summed E-state index contributed by atoms with van der Waals surface area (Å²) in [6, 6.07) is 52.8. The molecule has 0 amide bonds. The lowest BCUT2D eigenvalue weighted by Gasteiger charge is -2.34. The maximum atomic E-state index is 7.06. The summed E-state index contributed by atoms with van der Waals surface area (Å²) in [6.45, 7) is 20.3. The van der Waals surface area contributed by atoms with Crippen LogP contribution < -0.4 is 4.74 Å². The van der Waals surface area contributed by atoms with Crippen LogP contribution in [0.25, 0.3) is 44.4 Å². The van der Waals surface area contributed by atoms with Gasteiger partial charge in [-0.25, -0.2) is 4.98 Å². The molecule has 8 aromatic rings. The molecular weight excluding hydrogens is 717 g/mol.